The van der Waals surface area contributed by atoms with Crippen molar-refractivity contribution in [3.63, 3.8) is 0 Å². The quantitative estimate of drug-likeness (QED) is 0.0261. The normalized spacial score (nSPS) is 12.7. The van der Waals surface area contributed by atoms with E-state index in [9.17, 15) is 14.4 Å². The van der Waals surface area contributed by atoms with Crippen LogP contribution in [0.15, 0.2) is 85.1 Å². The van der Waals surface area contributed by atoms with Gasteiger partial charge in [-0.3, -0.25) is 14.4 Å². The Balaban J connectivity index is 4.40. The molecule has 0 N–H and O–H groups in total. The van der Waals surface area contributed by atoms with Crippen LogP contribution in [0.5, 0.6) is 0 Å². The Kier molecular flexibility index (Phi) is 57.3. The van der Waals surface area contributed by atoms with Gasteiger partial charge in [0.2, 0.25) is 0 Å². The minimum atomic E-state index is -0.787. The van der Waals surface area contributed by atoms with Crippen molar-refractivity contribution in [3.8, 4) is 0 Å². The number of carbonyl (C=O) groups is 3. The summed E-state index contributed by atoms with van der Waals surface area (Å²) in [5.41, 5.74) is 0. The first-order valence-corrected chi connectivity index (χ1v) is 30.6. The Morgan fingerprint density at radius 3 is 0.875 bits per heavy atom. The standard InChI is InChI=1S/C66H114O6/c1-4-7-10-13-16-19-22-25-28-30-32-33-35-36-38-41-44-47-50-53-56-59-65(68)71-62-63(61-70-64(67)58-55-52-49-46-43-40-27-24-21-18-15-12-9-6-3)72-66(69)60-57-54-51-48-45-42-39-37-34-31-29-26-23-20-17-14-11-8-5-2/h7,10,16-17,19-20,25-26,28-29,32-34,37,63H,4-6,8-9,11-15,18,21-24,27,30-31,35-36,38-62H2,1-3H3/b10-7-,19-16-,20-17-,28-25-,29-26-,33-32-,37-34-. The Morgan fingerprint density at radius 2 is 0.542 bits per heavy atom. The Hall–Kier alpha value is -3.41. The summed E-state index contributed by atoms with van der Waals surface area (Å²) < 4.78 is 16.9. The molecule has 1 atom stereocenters. The smallest absolute Gasteiger partial charge is 0.306 e. The summed E-state index contributed by atoms with van der Waals surface area (Å²) in [6.45, 7) is 6.51. The highest BCUT2D eigenvalue weighted by molar-refractivity contribution is 5.71. The van der Waals surface area contributed by atoms with Gasteiger partial charge in [-0.2, -0.15) is 0 Å². The third kappa shape index (κ3) is 57.5. The lowest BCUT2D eigenvalue weighted by atomic mass is 10.0. The second kappa shape index (κ2) is 60.1. The summed E-state index contributed by atoms with van der Waals surface area (Å²) in [4.78, 5) is 38.3. The predicted octanol–water partition coefficient (Wildman–Crippen LogP) is 20.7. The van der Waals surface area contributed by atoms with Gasteiger partial charge in [0.1, 0.15) is 13.2 Å². The van der Waals surface area contributed by atoms with E-state index in [0.717, 1.165) is 116 Å². The lowest BCUT2D eigenvalue weighted by molar-refractivity contribution is -0.167. The molecule has 0 radical (unpaired) electrons. The van der Waals surface area contributed by atoms with E-state index in [2.05, 4.69) is 106 Å². The Labute approximate surface area is 445 Å². The molecule has 0 bridgehead atoms. The molecule has 0 aliphatic heterocycles. The highest BCUT2D eigenvalue weighted by Gasteiger charge is 2.19. The Bertz CT molecular complexity index is 1380. The zero-order valence-corrected chi connectivity index (χ0v) is 47.4. The van der Waals surface area contributed by atoms with Gasteiger partial charge in [-0.05, 0) is 96.3 Å². The third-order valence-corrected chi connectivity index (χ3v) is 13.1. The fourth-order valence-corrected chi connectivity index (χ4v) is 8.56. The van der Waals surface area contributed by atoms with Gasteiger partial charge in [0.05, 0.1) is 0 Å². The first-order chi connectivity index (χ1) is 35.5. The summed E-state index contributed by atoms with van der Waals surface area (Å²) in [6.07, 6.45) is 78.5. The minimum Gasteiger partial charge on any atom is -0.462 e. The molecular formula is C66H114O6. The van der Waals surface area contributed by atoms with Gasteiger partial charge in [-0.15, -0.1) is 0 Å². The molecule has 6 heteroatoms. The molecule has 414 valence electrons. The number of ether oxygens (including phenoxy) is 3. The van der Waals surface area contributed by atoms with Crippen molar-refractivity contribution < 1.29 is 28.6 Å². The van der Waals surface area contributed by atoms with Crippen LogP contribution in [-0.2, 0) is 28.6 Å². The van der Waals surface area contributed by atoms with Crippen LogP contribution >= 0.6 is 0 Å². The summed E-state index contributed by atoms with van der Waals surface area (Å²) in [5.74, 6) is -0.892. The maximum absolute atomic E-state index is 12.9. The van der Waals surface area contributed by atoms with Crippen molar-refractivity contribution in [2.75, 3.05) is 13.2 Å². The minimum absolute atomic E-state index is 0.0822. The van der Waals surface area contributed by atoms with Crippen molar-refractivity contribution in [2.24, 2.45) is 0 Å². The van der Waals surface area contributed by atoms with Crippen LogP contribution < -0.4 is 0 Å². The molecule has 0 fully saturated rings. The van der Waals surface area contributed by atoms with E-state index in [1.54, 1.807) is 0 Å². The lowest BCUT2D eigenvalue weighted by Crippen LogP contribution is -2.30. The molecule has 0 aromatic rings. The number of carbonyl (C=O) groups excluding carboxylic acids is 3. The summed E-state index contributed by atoms with van der Waals surface area (Å²) in [7, 11) is 0. The third-order valence-electron chi connectivity index (χ3n) is 13.1. The van der Waals surface area contributed by atoms with Crippen molar-refractivity contribution in [3.05, 3.63) is 85.1 Å². The zero-order valence-electron chi connectivity index (χ0n) is 47.4. The predicted molar refractivity (Wildman–Crippen MR) is 311 cm³/mol. The lowest BCUT2D eigenvalue weighted by Gasteiger charge is -2.18. The van der Waals surface area contributed by atoms with Gasteiger partial charge >= 0.3 is 17.9 Å². The largest absolute Gasteiger partial charge is 0.462 e. The first-order valence-electron chi connectivity index (χ1n) is 30.6. The fraction of sp³-hybridized carbons (Fsp3) is 0.742. The van der Waals surface area contributed by atoms with E-state index >= 15 is 0 Å². The van der Waals surface area contributed by atoms with Crippen LogP contribution in [0.2, 0.25) is 0 Å². The summed E-state index contributed by atoms with van der Waals surface area (Å²) in [6, 6.07) is 0. The van der Waals surface area contributed by atoms with E-state index in [0.29, 0.717) is 19.3 Å². The second-order valence-electron chi connectivity index (χ2n) is 20.2. The van der Waals surface area contributed by atoms with E-state index in [4.69, 9.17) is 14.2 Å². The van der Waals surface area contributed by atoms with E-state index in [-0.39, 0.29) is 31.1 Å². The maximum Gasteiger partial charge on any atom is 0.306 e. The van der Waals surface area contributed by atoms with Crippen molar-refractivity contribution in [1.82, 2.24) is 0 Å². The van der Waals surface area contributed by atoms with Crippen molar-refractivity contribution in [2.45, 2.75) is 303 Å². The SMILES string of the molecule is CC/C=C\C/C=C\C/C=C\C/C=C\CCCCCCCCCCC(=O)OCC(COC(=O)CCCCCCCCCCCCCCCC)OC(=O)CCCCCCCC/C=C\C/C=C\C/C=C\CCCCC. The molecule has 0 aromatic heterocycles. The second-order valence-corrected chi connectivity index (χ2v) is 20.2. The average molecular weight is 1000 g/mol. The van der Waals surface area contributed by atoms with E-state index in [1.165, 1.54) is 141 Å². The van der Waals surface area contributed by atoms with Crippen molar-refractivity contribution >= 4 is 17.9 Å². The zero-order chi connectivity index (χ0) is 52.2. The fourth-order valence-electron chi connectivity index (χ4n) is 8.56. The van der Waals surface area contributed by atoms with Gasteiger partial charge in [-0.1, -0.05) is 266 Å². The van der Waals surface area contributed by atoms with Gasteiger partial charge in [0.15, 0.2) is 6.10 Å². The highest BCUT2D eigenvalue weighted by atomic mass is 16.6. The first kappa shape index (κ1) is 68.6. The molecule has 72 heavy (non-hydrogen) atoms. The Morgan fingerprint density at radius 1 is 0.292 bits per heavy atom. The summed E-state index contributed by atoms with van der Waals surface area (Å²) >= 11 is 0. The molecule has 0 saturated heterocycles. The number of hydrogen-bond donors (Lipinski definition) is 0. The van der Waals surface area contributed by atoms with Crippen LogP contribution in [-0.4, -0.2) is 37.2 Å². The van der Waals surface area contributed by atoms with Gasteiger partial charge in [0, 0.05) is 19.3 Å². The van der Waals surface area contributed by atoms with Gasteiger partial charge in [-0.25, -0.2) is 0 Å². The molecule has 0 aromatic carbocycles. The monoisotopic (exact) mass is 1000 g/mol. The molecule has 0 aliphatic rings. The summed E-state index contributed by atoms with van der Waals surface area (Å²) in [5, 5.41) is 0. The number of allylic oxidation sites excluding steroid dienone is 14. The van der Waals surface area contributed by atoms with Crippen LogP contribution in [0.1, 0.15) is 297 Å². The van der Waals surface area contributed by atoms with Gasteiger partial charge < -0.3 is 14.2 Å². The number of hydrogen-bond acceptors (Lipinski definition) is 6. The molecule has 0 spiro atoms. The molecule has 0 saturated carbocycles. The molecule has 6 nitrogen and oxygen atoms in total. The van der Waals surface area contributed by atoms with Crippen LogP contribution in [0.25, 0.3) is 0 Å². The van der Waals surface area contributed by atoms with Crippen molar-refractivity contribution in [1.29, 1.82) is 0 Å². The topological polar surface area (TPSA) is 78.9 Å². The number of rotatable bonds is 55. The van der Waals surface area contributed by atoms with E-state index < -0.39 is 6.10 Å². The van der Waals surface area contributed by atoms with Gasteiger partial charge in [0.25, 0.3) is 0 Å². The molecule has 0 heterocycles. The molecule has 0 rings (SSSR count). The molecular weight excluding hydrogens is 889 g/mol. The highest BCUT2D eigenvalue weighted by Crippen LogP contribution is 2.16. The average Bonchev–Trinajstić information content (AvgIpc) is 3.38. The molecule has 0 aliphatic carbocycles. The molecule has 1 unspecified atom stereocenters. The van der Waals surface area contributed by atoms with Crippen LogP contribution in [0.3, 0.4) is 0 Å². The number of unbranched alkanes of at least 4 members (excludes halogenated alkanes) is 30. The van der Waals surface area contributed by atoms with E-state index in [1.807, 2.05) is 0 Å². The van der Waals surface area contributed by atoms with Crippen LogP contribution in [0, 0.1) is 0 Å². The molecule has 0 amide bonds. The maximum atomic E-state index is 12.9. The number of esters is 3. The van der Waals surface area contributed by atoms with Crippen LogP contribution in [0.4, 0.5) is 0 Å².